The van der Waals surface area contributed by atoms with Crippen molar-refractivity contribution in [1.82, 2.24) is 60.7 Å². The molecular formula is C65H67N13. The Hall–Kier alpha value is -9.67. The van der Waals surface area contributed by atoms with Gasteiger partial charge in [-0.3, -0.25) is 25.0 Å². The van der Waals surface area contributed by atoms with E-state index in [2.05, 4.69) is 152 Å². The van der Waals surface area contributed by atoms with E-state index in [1.165, 1.54) is 32.1 Å². The van der Waals surface area contributed by atoms with Gasteiger partial charge < -0.3 is 26.3 Å². The lowest BCUT2D eigenvalue weighted by Gasteiger charge is -2.25. The third kappa shape index (κ3) is 12.9. The van der Waals surface area contributed by atoms with Gasteiger partial charge in [-0.2, -0.15) is 5.10 Å². The van der Waals surface area contributed by atoms with E-state index in [9.17, 15) is 0 Å². The van der Waals surface area contributed by atoms with E-state index in [1.807, 2.05) is 67.7 Å². The minimum Gasteiger partial charge on any atom is -0.398 e. The molecule has 2 aromatic carbocycles. The van der Waals surface area contributed by atoms with E-state index in [1.54, 1.807) is 37.2 Å². The number of hydrogen-bond acceptors (Lipinski definition) is 10. The maximum Gasteiger partial charge on any atom is 0.159 e. The van der Waals surface area contributed by atoms with Crippen LogP contribution in [0.15, 0.2) is 196 Å². The Morgan fingerprint density at radius 2 is 1.40 bits per heavy atom. The molecule has 9 aromatic rings. The molecule has 7 heterocycles. The monoisotopic (exact) mass is 1030 g/mol. The fourth-order valence-electron chi connectivity index (χ4n) is 9.66. The zero-order valence-corrected chi connectivity index (χ0v) is 44.8. The van der Waals surface area contributed by atoms with Gasteiger partial charge in [0.15, 0.2) is 5.82 Å². The zero-order chi connectivity index (χ0) is 55.0. The molecule has 0 aliphatic heterocycles. The van der Waals surface area contributed by atoms with E-state index in [-0.39, 0.29) is 0 Å². The molecule has 1 fully saturated rings. The summed E-state index contributed by atoms with van der Waals surface area (Å²) in [5.74, 6) is 2.03. The number of terminal acetylenes is 1. The van der Waals surface area contributed by atoms with Gasteiger partial charge in [-0.05, 0) is 145 Å². The number of anilines is 1. The van der Waals surface area contributed by atoms with Crippen LogP contribution in [0.2, 0.25) is 0 Å². The van der Waals surface area contributed by atoms with Crippen LogP contribution in [0.25, 0.3) is 78.0 Å². The summed E-state index contributed by atoms with van der Waals surface area (Å²) in [7, 11) is 0. The number of rotatable bonds is 18. The van der Waals surface area contributed by atoms with Gasteiger partial charge in [-0.25, -0.2) is 9.97 Å². The van der Waals surface area contributed by atoms with Crippen molar-refractivity contribution in [1.29, 1.82) is 0 Å². The molecule has 78 heavy (non-hydrogen) atoms. The number of nitrogens with zero attached hydrogens (tertiary/aromatic N) is 7. The zero-order valence-electron chi connectivity index (χ0n) is 44.8. The molecule has 1 saturated carbocycles. The predicted molar refractivity (Wildman–Crippen MR) is 323 cm³/mol. The van der Waals surface area contributed by atoms with Gasteiger partial charge in [0.1, 0.15) is 17.0 Å². The van der Waals surface area contributed by atoms with Crippen molar-refractivity contribution < 1.29 is 0 Å². The maximum atomic E-state index is 6.38. The Morgan fingerprint density at radius 1 is 0.731 bits per heavy atom. The van der Waals surface area contributed by atoms with Crippen LogP contribution < -0.4 is 16.4 Å². The number of nitrogens with two attached hydrogens (primary N) is 1. The molecule has 13 nitrogen and oxygen atoms in total. The third-order valence-electron chi connectivity index (χ3n) is 13.7. The van der Waals surface area contributed by atoms with Gasteiger partial charge in [0, 0.05) is 82.4 Å². The van der Waals surface area contributed by atoms with Crippen molar-refractivity contribution in [3.8, 4) is 46.7 Å². The lowest BCUT2D eigenvalue weighted by Crippen LogP contribution is -2.20. The van der Waals surface area contributed by atoms with Gasteiger partial charge in [0.2, 0.25) is 0 Å². The second-order valence-corrected chi connectivity index (χ2v) is 18.9. The molecule has 0 spiro atoms. The van der Waals surface area contributed by atoms with Gasteiger partial charge in [-0.1, -0.05) is 89.3 Å². The smallest absolute Gasteiger partial charge is 0.159 e. The highest BCUT2D eigenvalue weighted by molar-refractivity contribution is 5.98. The molecular weight excluding hydrogens is 963 g/mol. The quantitative estimate of drug-likeness (QED) is 0.0274. The summed E-state index contributed by atoms with van der Waals surface area (Å²) in [6.45, 7) is 22.7. The molecule has 7 N–H and O–H groups in total. The first-order chi connectivity index (χ1) is 38.2. The van der Waals surface area contributed by atoms with Crippen LogP contribution in [-0.4, -0.2) is 50.1 Å². The first kappa shape index (κ1) is 54.6. The predicted octanol–water partition coefficient (Wildman–Crippen LogP) is 14.5. The number of aromatic nitrogens is 10. The highest BCUT2D eigenvalue weighted by Gasteiger charge is 2.19. The van der Waals surface area contributed by atoms with Crippen molar-refractivity contribution >= 4 is 49.8 Å². The molecule has 7 aromatic heterocycles. The standard InChI is InChI=1S/C33H33N7.C30H32N6.C2H2/c1-4-22(17-26(5-2)36-21(3)23-9-7-6-8-10-23)25-11-12-29-27(18-25)32(40-39-29)33-37-30-20-35-19-28(31(30)38-33)24-13-15-34-16-14-24;1-5-10-20(4)34-24(7-3)16-21(6-2)22-12-13-26(31)23(15-22)17-29-35-28-19-32-18-25(30(28)36-29)27-11-8-9-14-33-27;1-2/h4-5,11-20,23,36H,2-3,6-10H2,1H3,(H,37,38)(H,39,40);6-9,11-16,18-19,34H,3-5,10,17,31H2,1-2H3,(H,35,36);1-2H/b22-4+,26-17+;21-6+,24-16+;. The Kier molecular flexibility index (Phi) is 18.3. The summed E-state index contributed by atoms with van der Waals surface area (Å²) in [4.78, 5) is 34.1. The van der Waals surface area contributed by atoms with Crippen LogP contribution in [0.4, 0.5) is 5.69 Å². The molecule has 13 heteroatoms. The van der Waals surface area contributed by atoms with Crippen LogP contribution in [0, 0.1) is 18.8 Å². The number of benzene rings is 2. The van der Waals surface area contributed by atoms with E-state index >= 15 is 0 Å². The van der Waals surface area contributed by atoms with Crippen LogP contribution in [0.3, 0.4) is 0 Å². The molecule has 1 aliphatic rings. The van der Waals surface area contributed by atoms with Crippen molar-refractivity contribution in [2.24, 2.45) is 5.92 Å². The molecule has 0 bridgehead atoms. The number of hydrogen-bond donors (Lipinski definition) is 6. The van der Waals surface area contributed by atoms with Crippen molar-refractivity contribution in [3.05, 3.63) is 218 Å². The topological polar surface area (TPSA) is 188 Å². The van der Waals surface area contributed by atoms with Crippen LogP contribution in [0.1, 0.15) is 88.2 Å². The number of imidazole rings is 2. The summed E-state index contributed by atoms with van der Waals surface area (Å²) in [6, 6.07) is 22.2. The number of fused-ring (bicyclic) bond motifs is 3. The molecule has 392 valence electrons. The van der Waals surface area contributed by atoms with Crippen molar-refractivity contribution in [3.63, 3.8) is 0 Å². The third-order valence-corrected chi connectivity index (χ3v) is 13.7. The number of nitrogens with one attached hydrogen (secondary N) is 5. The van der Waals surface area contributed by atoms with E-state index in [4.69, 9.17) is 15.7 Å². The second-order valence-electron chi connectivity index (χ2n) is 18.9. The van der Waals surface area contributed by atoms with Crippen LogP contribution in [-0.2, 0) is 6.42 Å². The highest BCUT2D eigenvalue weighted by Crippen LogP contribution is 2.34. The molecule has 0 radical (unpaired) electrons. The van der Waals surface area contributed by atoms with Crippen LogP contribution in [0.5, 0.6) is 0 Å². The average Bonchev–Trinajstić information content (AvgIpc) is 4.30. The number of nitrogen functional groups attached to an aromatic ring is 1. The summed E-state index contributed by atoms with van der Waals surface area (Å²) >= 11 is 0. The first-order valence-corrected chi connectivity index (χ1v) is 26.3. The van der Waals surface area contributed by atoms with Gasteiger partial charge >= 0.3 is 0 Å². The summed E-state index contributed by atoms with van der Waals surface area (Å²) in [5, 5.41) is 15.7. The fourth-order valence-corrected chi connectivity index (χ4v) is 9.66. The SMILES string of the molecule is C#C.C=C/C(=C\C(=C/C)c1ccc(N)c(Cc2nc3c(-c4ccccn4)cncc3[nH]2)c1)NC(=C)CCC.C=C/C(=C\C(=C/C)c1ccc2[nH]nc(-c3nc4c(-c5ccncc5)cncc4[nH]3)c2c1)NC(=C)C1CCCCC1. The molecule has 0 amide bonds. The van der Waals surface area contributed by atoms with E-state index in [0.29, 0.717) is 18.2 Å². The van der Waals surface area contributed by atoms with E-state index < -0.39 is 0 Å². The van der Waals surface area contributed by atoms with Crippen molar-refractivity contribution in [2.45, 2.75) is 72.1 Å². The largest absolute Gasteiger partial charge is 0.398 e. The number of H-pyrrole nitrogens is 3. The van der Waals surface area contributed by atoms with Crippen molar-refractivity contribution in [2.75, 3.05) is 5.73 Å². The summed E-state index contributed by atoms with van der Waals surface area (Å²) in [5.41, 5.74) is 25.1. The fraction of sp³-hybridized carbons (Fsp3) is 0.185. The minimum absolute atomic E-state index is 0.522. The Balaban J connectivity index is 0.000000201. The Bertz CT molecular complexity index is 3730. The molecule has 0 unspecified atom stereocenters. The summed E-state index contributed by atoms with van der Waals surface area (Å²) < 4.78 is 0. The maximum absolute atomic E-state index is 6.38. The highest BCUT2D eigenvalue weighted by atomic mass is 15.1. The Labute approximate surface area is 457 Å². The molecule has 0 atom stereocenters. The van der Waals surface area contributed by atoms with Crippen LogP contribution >= 0.6 is 0 Å². The van der Waals surface area contributed by atoms with Gasteiger partial charge in [0.25, 0.3) is 0 Å². The van der Waals surface area contributed by atoms with E-state index in [0.717, 1.165) is 136 Å². The Morgan fingerprint density at radius 3 is 2.08 bits per heavy atom. The number of allylic oxidation sites excluding steroid dienone is 10. The number of aromatic amines is 3. The first-order valence-electron chi connectivity index (χ1n) is 26.3. The molecule has 10 rings (SSSR count). The molecule has 0 saturated heterocycles. The molecule has 1 aliphatic carbocycles. The minimum atomic E-state index is 0.522. The van der Waals surface area contributed by atoms with Gasteiger partial charge in [-0.15, -0.1) is 12.8 Å². The number of pyridine rings is 4. The second kappa shape index (κ2) is 26.2. The normalized spacial score (nSPS) is 13.3. The van der Waals surface area contributed by atoms with Gasteiger partial charge in [0.05, 0.1) is 40.2 Å². The summed E-state index contributed by atoms with van der Waals surface area (Å²) in [6.07, 6.45) is 41.4. The lowest BCUT2D eigenvalue weighted by molar-refractivity contribution is 0.393. The average molecular weight is 1030 g/mol. The lowest BCUT2D eigenvalue weighted by atomic mass is 9.87.